The summed E-state index contributed by atoms with van der Waals surface area (Å²) in [5, 5.41) is 3.83. The van der Waals surface area contributed by atoms with Crippen LogP contribution < -0.4 is 10.1 Å². The quantitative estimate of drug-likeness (QED) is 0.826. The Bertz CT molecular complexity index is 680. The molecule has 0 amide bonds. The van der Waals surface area contributed by atoms with Gasteiger partial charge in [0.15, 0.2) is 0 Å². The summed E-state index contributed by atoms with van der Waals surface area (Å²) in [5.41, 5.74) is 1.23. The van der Waals surface area contributed by atoms with E-state index in [1.165, 1.54) is 6.07 Å². The zero-order valence-electron chi connectivity index (χ0n) is 12.9. The van der Waals surface area contributed by atoms with Crippen LogP contribution in [0, 0.1) is 5.82 Å². The Labute approximate surface area is 140 Å². The van der Waals surface area contributed by atoms with Crippen molar-refractivity contribution in [3.8, 4) is 5.75 Å². The number of halogens is 2. The highest BCUT2D eigenvalue weighted by Gasteiger charge is 2.31. The predicted molar refractivity (Wildman–Crippen MR) is 88.4 cm³/mol. The highest BCUT2D eigenvalue weighted by atomic mass is 35.5. The molecule has 1 aliphatic heterocycles. The van der Waals surface area contributed by atoms with Crippen molar-refractivity contribution in [2.45, 2.75) is 25.7 Å². The number of hydrogen-bond donors (Lipinski definition) is 1. The largest absolute Gasteiger partial charge is 0.463 e. The Hall–Kier alpha value is -1.62. The molecular formula is C18H19ClFNO2. The average molecular weight is 336 g/mol. The molecule has 0 spiro atoms. The number of benzene rings is 2. The molecule has 1 aliphatic rings. The van der Waals surface area contributed by atoms with Crippen LogP contribution >= 0.6 is 11.6 Å². The highest BCUT2D eigenvalue weighted by Crippen LogP contribution is 2.40. The fraction of sp³-hybridized carbons (Fsp3) is 0.333. The minimum atomic E-state index is -0.535. The van der Waals surface area contributed by atoms with E-state index >= 15 is 0 Å². The van der Waals surface area contributed by atoms with Crippen molar-refractivity contribution in [1.82, 2.24) is 5.32 Å². The summed E-state index contributed by atoms with van der Waals surface area (Å²) in [5.74, 6) is 0.378. The molecule has 23 heavy (non-hydrogen) atoms. The molecule has 122 valence electrons. The lowest BCUT2D eigenvalue weighted by Gasteiger charge is -2.33. The van der Waals surface area contributed by atoms with Crippen LogP contribution in [-0.4, -0.2) is 19.4 Å². The van der Waals surface area contributed by atoms with Gasteiger partial charge in [-0.1, -0.05) is 36.7 Å². The number of rotatable bonds is 5. The summed E-state index contributed by atoms with van der Waals surface area (Å²) in [6, 6.07) is 12.0. The molecule has 2 aromatic rings. The molecule has 0 saturated carbocycles. The Morgan fingerprint density at radius 1 is 1.17 bits per heavy atom. The van der Waals surface area contributed by atoms with Crippen LogP contribution in [0.1, 0.15) is 30.6 Å². The van der Waals surface area contributed by atoms with E-state index in [1.54, 1.807) is 36.4 Å². The van der Waals surface area contributed by atoms with Crippen LogP contribution in [0.5, 0.6) is 5.75 Å². The van der Waals surface area contributed by atoms with Crippen molar-refractivity contribution in [2.75, 3.05) is 13.1 Å². The smallest absolute Gasteiger partial charge is 0.213 e. The van der Waals surface area contributed by atoms with E-state index in [4.69, 9.17) is 21.1 Å². The van der Waals surface area contributed by atoms with Gasteiger partial charge in [0, 0.05) is 16.1 Å². The van der Waals surface area contributed by atoms with Crippen molar-refractivity contribution in [1.29, 1.82) is 0 Å². The first-order valence-corrected chi connectivity index (χ1v) is 8.13. The van der Waals surface area contributed by atoms with Gasteiger partial charge in [-0.2, -0.15) is 0 Å². The van der Waals surface area contributed by atoms with Crippen LogP contribution in [0.2, 0.25) is 5.02 Å². The van der Waals surface area contributed by atoms with Gasteiger partial charge in [0.25, 0.3) is 0 Å². The molecule has 1 N–H and O–H groups in total. The van der Waals surface area contributed by atoms with Gasteiger partial charge in [-0.25, -0.2) is 4.39 Å². The molecule has 0 aliphatic carbocycles. The molecule has 0 radical (unpaired) electrons. The SMILES string of the molecule is CCCNCC1Oc2ccc(Cl)cc2C(c2ccccc2F)O1. The minimum absolute atomic E-state index is 0.300. The molecule has 0 fully saturated rings. The van der Waals surface area contributed by atoms with Gasteiger partial charge in [0.2, 0.25) is 6.29 Å². The van der Waals surface area contributed by atoms with E-state index < -0.39 is 12.4 Å². The predicted octanol–water partition coefficient (Wildman–Crippen LogP) is 4.30. The molecule has 0 bridgehead atoms. The van der Waals surface area contributed by atoms with E-state index in [9.17, 15) is 4.39 Å². The first-order valence-electron chi connectivity index (χ1n) is 7.75. The first-order chi connectivity index (χ1) is 11.2. The lowest BCUT2D eigenvalue weighted by molar-refractivity contribution is -0.125. The third-order valence-electron chi connectivity index (χ3n) is 3.73. The fourth-order valence-electron chi connectivity index (χ4n) is 2.64. The fourth-order valence-corrected chi connectivity index (χ4v) is 2.82. The lowest BCUT2D eigenvalue weighted by atomic mass is 9.99. The summed E-state index contributed by atoms with van der Waals surface area (Å²) >= 11 is 6.09. The molecule has 0 saturated heterocycles. The van der Waals surface area contributed by atoms with Crippen molar-refractivity contribution >= 4 is 11.6 Å². The average Bonchev–Trinajstić information content (AvgIpc) is 2.55. The van der Waals surface area contributed by atoms with Crippen LogP contribution in [0.15, 0.2) is 42.5 Å². The Morgan fingerprint density at radius 3 is 2.78 bits per heavy atom. The summed E-state index contributed by atoms with van der Waals surface area (Å²) < 4.78 is 26.1. The van der Waals surface area contributed by atoms with Crippen molar-refractivity contribution in [3.05, 3.63) is 64.4 Å². The first kappa shape index (κ1) is 16.2. The van der Waals surface area contributed by atoms with E-state index in [0.717, 1.165) is 18.5 Å². The Balaban J connectivity index is 1.93. The topological polar surface area (TPSA) is 30.5 Å². The summed E-state index contributed by atoms with van der Waals surface area (Å²) in [6.45, 7) is 3.51. The molecule has 3 rings (SSSR count). The van der Waals surface area contributed by atoms with Crippen LogP contribution in [-0.2, 0) is 4.74 Å². The van der Waals surface area contributed by atoms with Gasteiger partial charge in [0.05, 0.1) is 6.54 Å². The molecule has 1 heterocycles. The summed E-state index contributed by atoms with van der Waals surface area (Å²) in [7, 11) is 0. The molecule has 5 heteroatoms. The zero-order chi connectivity index (χ0) is 16.2. The van der Waals surface area contributed by atoms with Gasteiger partial charge >= 0.3 is 0 Å². The zero-order valence-corrected chi connectivity index (χ0v) is 13.6. The third-order valence-corrected chi connectivity index (χ3v) is 3.96. The molecule has 3 nitrogen and oxygen atoms in total. The van der Waals surface area contributed by atoms with Crippen molar-refractivity contribution < 1.29 is 13.9 Å². The van der Waals surface area contributed by atoms with Crippen LogP contribution in [0.3, 0.4) is 0 Å². The van der Waals surface area contributed by atoms with E-state index in [2.05, 4.69) is 12.2 Å². The number of fused-ring (bicyclic) bond motifs is 1. The van der Waals surface area contributed by atoms with Crippen LogP contribution in [0.4, 0.5) is 4.39 Å². The molecule has 2 atom stereocenters. The van der Waals surface area contributed by atoms with Crippen molar-refractivity contribution in [3.63, 3.8) is 0 Å². The van der Waals surface area contributed by atoms with E-state index in [-0.39, 0.29) is 5.82 Å². The van der Waals surface area contributed by atoms with Crippen LogP contribution in [0.25, 0.3) is 0 Å². The van der Waals surface area contributed by atoms with Gasteiger partial charge in [-0.05, 0) is 37.2 Å². The van der Waals surface area contributed by atoms with E-state index in [1.807, 2.05) is 0 Å². The number of nitrogens with one attached hydrogen (secondary N) is 1. The van der Waals surface area contributed by atoms with E-state index in [0.29, 0.717) is 22.9 Å². The maximum atomic E-state index is 14.2. The highest BCUT2D eigenvalue weighted by molar-refractivity contribution is 6.30. The maximum absolute atomic E-state index is 14.2. The molecule has 2 unspecified atom stereocenters. The maximum Gasteiger partial charge on any atom is 0.213 e. The second-order valence-electron chi connectivity index (χ2n) is 5.47. The monoisotopic (exact) mass is 335 g/mol. The second-order valence-corrected chi connectivity index (χ2v) is 5.91. The Morgan fingerprint density at radius 2 is 2.00 bits per heavy atom. The second kappa shape index (κ2) is 7.30. The van der Waals surface area contributed by atoms with Gasteiger partial charge < -0.3 is 14.8 Å². The Kier molecular flexibility index (Phi) is 5.16. The summed E-state index contributed by atoms with van der Waals surface area (Å²) in [6.07, 6.45) is 0.0160. The molecule has 0 aromatic heterocycles. The molecule has 2 aromatic carbocycles. The van der Waals surface area contributed by atoms with Gasteiger partial charge in [-0.15, -0.1) is 0 Å². The third kappa shape index (κ3) is 3.66. The molecular weight excluding hydrogens is 317 g/mol. The normalized spacial score (nSPS) is 20.0. The lowest BCUT2D eigenvalue weighted by Crippen LogP contribution is -2.38. The summed E-state index contributed by atoms with van der Waals surface area (Å²) in [4.78, 5) is 0. The van der Waals surface area contributed by atoms with Gasteiger partial charge in [-0.3, -0.25) is 0 Å². The van der Waals surface area contributed by atoms with Crippen molar-refractivity contribution in [2.24, 2.45) is 0 Å². The number of ether oxygens (including phenoxy) is 2. The number of hydrogen-bond acceptors (Lipinski definition) is 3. The standard InChI is InChI=1S/C18H19ClFNO2/c1-2-9-21-11-17-22-16-8-7-12(19)10-14(16)18(23-17)13-5-3-4-6-15(13)20/h3-8,10,17-18,21H,2,9,11H2,1H3. The van der Waals surface area contributed by atoms with Gasteiger partial charge in [0.1, 0.15) is 17.7 Å². The minimum Gasteiger partial charge on any atom is -0.463 e.